The number of rotatable bonds is 6. The predicted molar refractivity (Wildman–Crippen MR) is 77.7 cm³/mol. The Kier molecular flexibility index (Phi) is 6.26. The molecule has 2 N–H and O–H groups in total. The molecular formula is C14H27N3O3. The zero-order valence-corrected chi connectivity index (χ0v) is 12.9. The fourth-order valence-corrected chi connectivity index (χ4v) is 2.44. The number of hydrogen-bond donors (Lipinski definition) is 2. The first-order valence-electron chi connectivity index (χ1n) is 7.32. The van der Waals surface area contributed by atoms with Gasteiger partial charge in [-0.05, 0) is 47.2 Å². The van der Waals surface area contributed by atoms with Gasteiger partial charge in [0.15, 0.2) is 0 Å². The average molecular weight is 285 g/mol. The summed E-state index contributed by atoms with van der Waals surface area (Å²) in [4.78, 5) is 26.9. The number of aliphatic carboxylic acids is 1. The summed E-state index contributed by atoms with van der Waals surface area (Å²) >= 11 is 0. The van der Waals surface area contributed by atoms with Gasteiger partial charge in [0.25, 0.3) is 0 Å². The molecule has 0 aromatic carbocycles. The summed E-state index contributed by atoms with van der Waals surface area (Å²) in [5, 5.41) is 11.9. The van der Waals surface area contributed by atoms with Gasteiger partial charge in [-0.15, -0.1) is 0 Å². The fraction of sp³-hybridized carbons (Fsp3) is 0.857. The highest BCUT2D eigenvalue weighted by atomic mass is 16.4. The van der Waals surface area contributed by atoms with Crippen molar-refractivity contribution in [3.8, 4) is 0 Å². The van der Waals surface area contributed by atoms with Crippen LogP contribution in [0.4, 0.5) is 4.79 Å². The van der Waals surface area contributed by atoms with Crippen LogP contribution in [0.5, 0.6) is 0 Å². The number of likely N-dealkylation sites (tertiary alicyclic amines) is 1. The first kappa shape index (κ1) is 16.8. The van der Waals surface area contributed by atoms with Crippen LogP contribution in [0.25, 0.3) is 0 Å². The Hall–Kier alpha value is -1.30. The van der Waals surface area contributed by atoms with E-state index in [1.165, 1.54) is 0 Å². The van der Waals surface area contributed by atoms with Gasteiger partial charge < -0.3 is 20.2 Å². The van der Waals surface area contributed by atoms with Crippen LogP contribution in [0.2, 0.25) is 0 Å². The number of amides is 2. The maximum Gasteiger partial charge on any atom is 0.317 e. The van der Waals surface area contributed by atoms with Crippen molar-refractivity contribution in [1.29, 1.82) is 0 Å². The number of carbonyl (C=O) groups is 2. The lowest BCUT2D eigenvalue weighted by Crippen LogP contribution is -2.44. The molecule has 0 aromatic heterocycles. The SMILES string of the molecule is CC(C)N(C)CCCNC(=O)N1CCC(C(=O)O)C1C. The van der Waals surface area contributed by atoms with Gasteiger partial charge >= 0.3 is 12.0 Å². The van der Waals surface area contributed by atoms with Gasteiger partial charge in [0.2, 0.25) is 0 Å². The van der Waals surface area contributed by atoms with Gasteiger partial charge in [-0.1, -0.05) is 0 Å². The molecule has 1 rings (SSSR count). The summed E-state index contributed by atoms with van der Waals surface area (Å²) in [7, 11) is 2.06. The molecule has 0 radical (unpaired) electrons. The number of nitrogens with one attached hydrogen (secondary N) is 1. The Morgan fingerprint density at radius 3 is 2.60 bits per heavy atom. The molecule has 20 heavy (non-hydrogen) atoms. The number of nitrogens with zero attached hydrogens (tertiary/aromatic N) is 2. The van der Waals surface area contributed by atoms with Crippen molar-refractivity contribution in [2.75, 3.05) is 26.7 Å². The molecule has 1 aliphatic heterocycles. The summed E-state index contributed by atoms with van der Waals surface area (Å²) in [6.45, 7) is 8.16. The van der Waals surface area contributed by atoms with E-state index in [2.05, 4.69) is 31.1 Å². The second-order valence-corrected chi connectivity index (χ2v) is 5.83. The minimum absolute atomic E-state index is 0.145. The van der Waals surface area contributed by atoms with Crippen LogP contribution < -0.4 is 5.32 Å². The van der Waals surface area contributed by atoms with E-state index in [1.807, 2.05) is 0 Å². The highest BCUT2D eigenvalue weighted by Gasteiger charge is 2.37. The Morgan fingerprint density at radius 1 is 1.45 bits per heavy atom. The molecule has 0 aromatic rings. The molecule has 2 atom stereocenters. The van der Waals surface area contributed by atoms with Crippen molar-refractivity contribution in [2.24, 2.45) is 5.92 Å². The van der Waals surface area contributed by atoms with E-state index in [0.29, 0.717) is 25.6 Å². The maximum absolute atomic E-state index is 12.0. The minimum Gasteiger partial charge on any atom is -0.481 e. The zero-order chi connectivity index (χ0) is 15.3. The van der Waals surface area contributed by atoms with Gasteiger partial charge in [-0.25, -0.2) is 4.79 Å². The van der Waals surface area contributed by atoms with Crippen LogP contribution >= 0.6 is 0 Å². The maximum atomic E-state index is 12.0. The minimum atomic E-state index is -0.814. The smallest absolute Gasteiger partial charge is 0.317 e. The van der Waals surface area contributed by atoms with Crippen LogP contribution in [-0.2, 0) is 4.79 Å². The van der Waals surface area contributed by atoms with E-state index in [-0.39, 0.29) is 12.1 Å². The molecule has 116 valence electrons. The summed E-state index contributed by atoms with van der Waals surface area (Å²) < 4.78 is 0. The molecule has 1 aliphatic rings. The van der Waals surface area contributed by atoms with Crippen LogP contribution in [0.3, 0.4) is 0 Å². The Bertz CT molecular complexity index is 347. The predicted octanol–water partition coefficient (Wildman–Crippen LogP) is 1.22. The first-order valence-corrected chi connectivity index (χ1v) is 7.32. The second-order valence-electron chi connectivity index (χ2n) is 5.83. The molecule has 1 saturated heterocycles. The second kappa shape index (κ2) is 7.47. The van der Waals surface area contributed by atoms with Crippen molar-refractivity contribution in [2.45, 2.75) is 45.7 Å². The van der Waals surface area contributed by atoms with Crippen molar-refractivity contribution in [1.82, 2.24) is 15.1 Å². The molecule has 1 fully saturated rings. The molecular weight excluding hydrogens is 258 g/mol. The zero-order valence-electron chi connectivity index (χ0n) is 12.9. The van der Waals surface area contributed by atoms with Crippen LogP contribution in [0, 0.1) is 5.92 Å². The lowest BCUT2D eigenvalue weighted by Gasteiger charge is -2.24. The topological polar surface area (TPSA) is 72.9 Å². The third-order valence-corrected chi connectivity index (χ3v) is 4.18. The van der Waals surface area contributed by atoms with E-state index in [0.717, 1.165) is 13.0 Å². The number of urea groups is 1. The van der Waals surface area contributed by atoms with Gasteiger partial charge in [0.05, 0.1) is 5.92 Å². The highest BCUT2D eigenvalue weighted by Crippen LogP contribution is 2.24. The van der Waals surface area contributed by atoms with Crippen molar-refractivity contribution >= 4 is 12.0 Å². The Morgan fingerprint density at radius 2 is 2.10 bits per heavy atom. The van der Waals surface area contributed by atoms with Crippen LogP contribution in [0.15, 0.2) is 0 Å². The number of hydrogen-bond acceptors (Lipinski definition) is 3. The van der Waals surface area contributed by atoms with Gasteiger partial charge in [-0.3, -0.25) is 4.79 Å². The van der Waals surface area contributed by atoms with Crippen molar-refractivity contribution < 1.29 is 14.7 Å². The summed E-state index contributed by atoms with van der Waals surface area (Å²) in [5.74, 6) is -1.25. The number of carboxylic acid groups (broad SMARTS) is 1. The first-order chi connectivity index (χ1) is 9.34. The quantitative estimate of drug-likeness (QED) is 0.720. The van der Waals surface area contributed by atoms with Crippen molar-refractivity contribution in [3.05, 3.63) is 0 Å². The molecule has 6 heteroatoms. The molecule has 6 nitrogen and oxygen atoms in total. The number of carbonyl (C=O) groups excluding carboxylic acids is 1. The van der Waals surface area contributed by atoms with E-state index in [9.17, 15) is 9.59 Å². The summed E-state index contributed by atoms with van der Waals surface area (Å²) in [5.41, 5.74) is 0. The lowest BCUT2D eigenvalue weighted by molar-refractivity contribution is -0.142. The molecule has 0 spiro atoms. The largest absolute Gasteiger partial charge is 0.481 e. The Balaban J connectivity index is 2.29. The third-order valence-electron chi connectivity index (χ3n) is 4.18. The van der Waals surface area contributed by atoms with Crippen molar-refractivity contribution in [3.63, 3.8) is 0 Å². The average Bonchev–Trinajstić information content (AvgIpc) is 2.75. The lowest BCUT2D eigenvalue weighted by atomic mass is 10.0. The monoisotopic (exact) mass is 285 g/mol. The highest BCUT2D eigenvalue weighted by molar-refractivity contribution is 5.78. The number of carboxylic acids is 1. The van der Waals surface area contributed by atoms with Crippen LogP contribution in [0.1, 0.15) is 33.6 Å². The summed E-state index contributed by atoms with van der Waals surface area (Å²) in [6, 6.07) is 0.125. The summed E-state index contributed by atoms with van der Waals surface area (Å²) in [6.07, 6.45) is 1.44. The standard InChI is InChI=1S/C14H27N3O3/c1-10(2)16(4)8-5-7-15-14(20)17-9-6-12(11(17)3)13(18)19/h10-12H,5-9H2,1-4H3,(H,15,20)(H,18,19). The van der Waals surface area contributed by atoms with E-state index in [1.54, 1.807) is 11.8 Å². The van der Waals surface area contributed by atoms with Gasteiger partial charge in [0, 0.05) is 25.2 Å². The molecule has 0 bridgehead atoms. The molecule has 0 saturated carbocycles. The molecule has 1 heterocycles. The van der Waals surface area contributed by atoms with Gasteiger partial charge in [-0.2, -0.15) is 0 Å². The third kappa shape index (κ3) is 4.37. The van der Waals surface area contributed by atoms with Crippen LogP contribution in [-0.4, -0.2) is 65.7 Å². The molecule has 2 amide bonds. The van der Waals surface area contributed by atoms with E-state index >= 15 is 0 Å². The molecule has 2 unspecified atom stereocenters. The van der Waals surface area contributed by atoms with E-state index < -0.39 is 11.9 Å². The molecule has 0 aliphatic carbocycles. The van der Waals surface area contributed by atoms with E-state index in [4.69, 9.17) is 5.11 Å². The van der Waals surface area contributed by atoms with Gasteiger partial charge in [0.1, 0.15) is 0 Å². The fourth-order valence-electron chi connectivity index (χ4n) is 2.44. The Labute approximate surface area is 121 Å². The normalized spacial score (nSPS) is 22.6.